The second kappa shape index (κ2) is 13.7. The summed E-state index contributed by atoms with van der Waals surface area (Å²) in [5.74, 6) is -1.16. The summed E-state index contributed by atoms with van der Waals surface area (Å²) in [5, 5.41) is 0. The van der Waals surface area contributed by atoms with Gasteiger partial charge in [0.2, 0.25) is 0 Å². The fourth-order valence-corrected chi connectivity index (χ4v) is 0.958. The molecule has 0 unspecified atom stereocenters. The lowest BCUT2D eigenvalue weighted by Crippen LogP contribution is -2.10. The molecule has 114 valence electrons. The van der Waals surface area contributed by atoms with Gasteiger partial charge in [0.25, 0.3) is 0 Å². The van der Waals surface area contributed by atoms with Gasteiger partial charge in [-0.15, -0.1) is 0 Å². The SMILES string of the molecule is C=COCCOCCOCCOC.O=C1C=CC(=O)O1. The zero-order valence-corrected chi connectivity index (χ0v) is 11.5. The summed E-state index contributed by atoms with van der Waals surface area (Å²) in [6.45, 7) is 6.95. The predicted molar refractivity (Wildman–Crippen MR) is 69.9 cm³/mol. The maximum atomic E-state index is 9.92. The molecule has 0 aromatic carbocycles. The largest absolute Gasteiger partial charge is 0.499 e. The van der Waals surface area contributed by atoms with Gasteiger partial charge in [-0.05, 0) is 0 Å². The van der Waals surface area contributed by atoms with E-state index < -0.39 is 11.9 Å². The van der Waals surface area contributed by atoms with E-state index in [4.69, 9.17) is 18.9 Å². The molecule has 1 heterocycles. The van der Waals surface area contributed by atoms with Gasteiger partial charge in [0.05, 0.1) is 39.3 Å². The zero-order valence-electron chi connectivity index (χ0n) is 11.5. The number of carbonyl (C=O) groups is 2. The molecule has 0 fully saturated rings. The van der Waals surface area contributed by atoms with Crippen molar-refractivity contribution in [2.24, 2.45) is 0 Å². The van der Waals surface area contributed by atoms with Crippen molar-refractivity contribution in [2.75, 3.05) is 46.8 Å². The Morgan fingerprint density at radius 3 is 1.90 bits per heavy atom. The van der Waals surface area contributed by atoms with Crippen molar-refractivity contribution in [3.05, 3.63) is 25.0 Å². The van der Waals surface area contributed by atoms with Crippen LogP contribution in [0.1, 0.15) is 0 Å². The molecule has 7 nitrogen and oxygen atoms in total. The van der Waals surface area contributed by atoms with E-state index in [0.717, 1.165) is 12.2 Å². The van der Waals surface area contributed by atoms with Crippen LogP contribution >= 0.6 is 0 Å². The molecule has 0 radical (unpaired) electrons. The summed E-state index contributed by atoms with van der Waals surface area (Å²) >= 11 is 0. The Labute approximate surface area is 118 Å². The molecule has 1 rings (SSSR count). The van der Waals surface area contributed by atoms with Gasteiger partial charge in [0.15, 0.2) is 0 Å². The third-order valence-electron chi connectivity index (χ3n) is 1.82. The third-order valence-corrected chi connectivity index (χ3v) is 1.82. The monoisotopic (exact) mass is 288 g/mol. The van der Waals surface area contributed by atoms with E-state index in [1.54, 1.807) is 7.11 Å². The fraction of sp³-hybridized carbons (Fsp3) is 0.538. The van der Waals surface area contributed by atoms with Crippen molar-refractivity contribution >= 4 is 11.9 Å². The van der Waals surface area contributed by atoms with Crippen molar-refractivity contribution in [3.63, 3.8) is 0 Å². The first-order valence-corrected chi connectivity index (χ1v) is 6.01. The van der Waals surface area contributed by atoms with Crippen LogP contribution in [-0.4, -0.2) is 58.7 Å². The first-order chi connectivity index (χ1) is 9.70. The van der Waals surface area contributed by atoms with Gasteiger partial charge in [-0.25, -0.2) is 9.59 Å². The Balaban J connectivity index is 0.000000428. The van der Waals surface area contributed by atoms with Crippen LogP contribution in [-0.2, 0) is 33.3 Å². The van der Waals surface area contributed by atoms with E-state index in [9.17, 15) is 9.59 Å². The maximum absolute atomic E-state index is 9.92. The molecule has 0 aromatic rings. The molecule has 20 heavy (non-hydrogen) atoms. The number of hydrogen-bond acceptors (Lipinski definition) is 7. The Bertz CT molecular complexity index is 296. The van der Waals surface area contributed by atoms with Crippen LogP contribution in [0.15, 0.2) is 25.0 Å². The second-order valence-corrected chi connectivity index (χ2v) is 3.33. The quantitative estimate of drug-likeness (QED) is 0.250. The first-order valence-electron chi connectivity index (χ1n) is 6.01. The van der Waals surface area contributed by atoms with Gasteiger partial charge in [-0.1, -0.05) is 6.58 Å². The van der Waals surface area contributed by atoms with Crippen molar-refractivity contribution in [3.8, 4) is 0 Å². The molecule has 0 amide bonds. The number of ether oxygens (including phenoxy) is 5. The average molecular weight is 288 g/mol. The second-order valence-electron chi connectivity index (χ2n) is 3.33. The van der Waals surface area contributed by atoms with Crippen LogP contribution in [0.3, 0.4) is 0 Å². The maximum Gasteiger partial charge on any atom is 0.338 e. The van der Waals surface area contributed by atoms with Gasteiger partial charge in [-0.3, -0.25) is 0 Å². The minimum absolute atomic E-state index is 0.543. The van der Waals surface area contributed by atoms with Gasteiger partial charge >= 0.3 is 11.9 Å². The van der Waals surface area contributed by atoms with Gasteiger partial charge < -0.3 is 23.7 Å². The van der Waals surface area contributed by atoms with E-state index >= 15 is 0 Å². The molecule has 0 spiro atoms. The highest BCUT2D eigenvalue weighted by Crippen LogP contribution is 1.92. The Morgan fingerprint density at radius 2 is 1.50 bits per heavy atom. The third kappa shape index (κ3) is 12.7. The molecule has 0 bridgehead atoms. The smallest absolute Gasteiger partial charge is 0.338 e. The summed E-state index contributed by atoms with van der Waals surface area (Å²) in [7, 11) is 1.65. The van der Waals surface area contributed by atoms with Crippen molar-refractivity contribution < 1.29 is 33.3 Å². The summed E-state index contributed by atoms with van der Waals surface area (Å²) in [6.07, 6.45) is 3.57. The minimum atomic E-state index is -0.579. The average Bonchev–Trinajstić information content (AvgIpc) is 2.81. The summed E-state index contributed by atoms with van der Waals surface area (Å²) in [5.41, 5.74) is 0. The van der Waals surface area contributed by atoms with Crippen molar-refractivity contribution in [1.29, 1.82) is 0 Å². The number of esters is 2. The van der Waals surface area contributed by atoms with Crippen LogP contribution in [0.5, 0.6) is 0 Å². The van der Waals surface area contributed by atoms with Crippen LogP contribution in [0.25, 0.3) is 0 Å². The van der Waals surface area contributed by atoms with Crippen LogP contribution in [0.2, 0.25) is 0 Å². The molecule has 0 aliphatic carbocycles. The molecule has 7 heteroatoms. The lowest BCUT2D eigenvalue weighted by Gasteiger charge is -2.04. The molecular weight excluding hydrogens is 268 g/mol. The highest BCUT2D eigenvalue weighted by Gasteiger charge is 2.10. The Morgan fingerprint density at radius 1 is 1.00 bits per heavy atom. The highest BCUT2D eigenvalue weighted by molar-refractivity contribution is 6.04. The van der Waals surface area contributed by atoms with E-state index in [1.165, 1.54) is 6.26 Å². The summed E-state index contributed by atoms with van der Waals surface area (Å²) < 4.78 is 24.0. The Hall–Kier alpha value is -1.70. The van der Waals surface area contributed by atoms with Gasteiger partial charge in [0, 0.05) is 19.3 Å². The van der Waals surface area contributed by atoms with Gasteiger partial charge in [0.1, 0.15) is 6.61 Å². The fourth-order valence-electron chi connectivity index (χ4n) is 0.958. The molecule has 0 N–H and O–H groups in total. The zero-order chi connectivity index (χ0) is 15.1. The number of cyclic esters (lactones) is 2. The minimum Gasteiger partial charge on any atom is -0.499 e. The van der Waals surface area contributed by atoms with Crippen LogP contribution < -0.4 is 0 Å². The molecule has 0 aromatic heterocycles. The lowest BCUT2D eigenvalue weighted by atomic mass is 10.6. The van der Waals surface area contributed by atoms with Crippen molar-refractivity contribution in [2.45, 2.75) is 0 Å². The van der Waals surface area contributed by atoms with Crippen molar-refractivity contribution in [1.82, 2.24) is 0 Å². The van der Waals surface area contributed by atoms with E-state index in [-0.39, 0.29) is 0 Å². The molecule has 1 aliphatic heterocycles. The molecule has 1 aliphatic rings. The van der Waals surface area contributed by atoms with E-state index in [1.807, 2.05) is 0 Å². The number of rotatable bonds is 10. The van der Waals surface area contributed by atoms with E-state index in [2.05, 4.69) is 11.3 Å². The first kappa shape index (κ1) is 18.3. The van der Waals surface area contributed by atoms with Crippen LogP contribution in [0, 0.1) is 0 Å². The normalized spacial score (nSPS) is 12.7. The van der Waals surface area contributed by atoms with Crippen LogP contribution in [0.4, 0.5) is 0 Å². The number of methoxy groups -OCH3 is 1. The van der Waals surface area contributed by atoms with E-state index in [0.29, 0.717) is 39.6 Å². The highest BCUT2D eigenvalue weighted by atomic mass is 16.6. The lowest BCUT2D eigenvalue weighted by molar-refractivity contribution is -0.150. The standard InChI is InChI=1S/C9H18O4.C4H2O3/c1-3-11-6-7-13-9-8-12-5-4-10-2;5-3-1-2-4(6)7-3/h3H,1,4-9H2,2H3;1-2H. The van der Waals surface area contributed by atoms with Gasteiger partial charge in [-0.2, -0.15) is 0 Å². The topological polar surface area (TPSA) is 80.3 Å². The number of hydrogen-bond donors (Lipinski definition) is 0. The predicted octanol–water partition coefficient (Wildman–Crippen LogP) is 0.452. The summed E-state index contributed by atoms with van der Waals surface area (Å²) in [6, 6.07) is 0. The number of carbonyl (C=O) groups excluding carboxylic acids is 2. The summed E-state index contributed by atoms with van der Waals surface area (Å²) in [4.78, 5) is 19.8. The Kier molecular flexibility index (Phi) is 12.6. The molecule has 0 atom stereocenters. The molecule has 0 saturated heterocycles. The molecule has 0 saturated carbocycles. The molecular formula is C13H20O7.